The van der Waals surface area contributed by atoms with Gasteiger partial charge >= 0.3 is 5.97 Å². The Labute approximate surface area is 108 Å². The first-order valence-corrected chi connectivity index (χ1v) is 6.19. The Hall–Kier alpha value is -1.55. The van der Waals surface area contributed by atoms with Gasteiger partial charge in [-0.1, -0.05) is 16.1 Å². The average Bonchev–Trinajstić information content (AvgIpc) is 2.63. The number of carboxylic acids is 1. The van der Waals surface area contributed by atoms with Gasteiger partial charge in [0.1, 0.15) is 0 Å². The minimum absolute atomic E-state index is 0.283. The average molecular weight is 268 g/mol. The second-order valence-electron chi connectivity index (χ2n) is 4.59. The number of aromatic nitrogens is 1. The molecule has 18 heavy (non-hydrogen) atoms. The Morgan fingerprint density at radius 2 is 2.28 bits per heavy atom. The maximum absolute atomic E-state index is 14.3. The number of halogens is 2. The van der Waals surface area contributed by atoms with Crippen molar-refractivity contribution in [1.82, 2.24) is 4.79 Å². The van der Waals surface area contributed by atoms with E-state index in [1.54, 1.807) is 18.2 Å². The van der Waals surface area contributed by atoms with E-state index in [4.69, 9.17) is 11.6 Å². The highest BCUT2D eigenvalue weighted by Gasteiger charge is 2.32. The van der Waals surface area contributed by atoms with Crippen molar-refractivity contribution in [3.05, 3.63) is 34.5 Å². The lowest BCUT2D eigenvalue weighted by molar-refractivity contribution is -0.139. The van der Waals surface area contributed by atoms with Gasteiger partial charge in [-0.05, 0) is 43.0 Å². The zero-order chi connectivity index (χ0) is 12.9. The van der Waals surface area contributed by atoms with E-state index in [0.29, 0.717) is 28.2 Å². The largest absolute Gasteiger partial charge is 0.481 e. The van der Waals surface area contributed by atoms with Gasteiger partial charge in [0, 0.05) is 10.4 Å². The molecule has 5 heteroatoms. The van der Waals surface area contributed by atoms with E-state index in [0.717, 1.165) is 17.4 Å². The maximum atomic E-state index is 14.3. The van der Waals surface area contributed by atoms with Gasteiger partial charge in [0.05, 0.1) is 17.1 Å². The summed E-state index contributed by atoms with van der Waals surface area (Å²) in [6.45, 7) is 0. The number of hydrogen-bond acceptors (Lipinski definition) is 1. The SMILES string of the molecule is O=C(O)C1CCCc2c1n(F)c1ccc(Cl)cc21. The second kappa shape index (κ2) is 3.99. The molecule has 1 unspecified atom stereocenters. The summed E-state index contributed by atoms with van der Waals surface area (Å²) < 4.78 is 14.3. The zero-order valence-electron chi connectivity index (χ0n) is 9.49. The zero-order valence-corrected chi connectivity index (χ0v) is 10.2. The van der Waals surface area contributed by atoms with Crippen LogP contribution in [0.25, 0.3) is 10.9 Å². The van der Waals surface area contributed by atoms with Crippen LogP contribution in [0.5, 0.6) is 0 Å². The van der Waals surface area contributed by atoms with Crippen LogP contribution < -0.4 is 0 Å². The van der Waals surface area contributed by atoms with Crippen LogP contribution in [0.4, 0.5) is 4.48 Å². The Kier molecular flexibility index (Phi) is 2.55. The predicted molar refractivity (Wildman–Crippen MR) is 66.8 cm³/mol. The Bertz CT molecular complexity index is 650. The van der Waals surface area contributed by atoms with Crippen LogP contribution in [0.2, 0.25) is 5.02 Å². The summed E-state index contributed by atoms with van der Waals surface area (Å²) in [7, 11) is 0. The molecule has 0 spiro atoms. The molecule has 1 aromatic heterocycles. The second-order valence-corrected chi connectivity index (χ2v) is 5.03. The van der Waals surface area contributed by atoms with Crippen LogP contribution >= 0.6 is 11.6 Å². The number of hydrogen-bond donors (Lipinski definition) is 1. The number of aliphatic carboxylic acids is 1. The highest BCUT2D eigenvalue weighted by molar-refractivity contribution is 6.31. The van der Waals surface area contributed by atoms with Crippen molar-refractivity contribution in [2.75, 3.05) is 0 Å². The van der Waals surface area contributed by atoms with Crippen molar-refractivity contribution in [1.29, 1.82) is 0 Å². The summed E-state index contributed by atoms with van der Waals surface area (Å²) in [6.07, 6.45) is 1.94. The Morgan fingerprint density at radius 3 is 3.00 bits per heavy atom. The van der Waals surface area contributed by atoms with Gasteiger partial charge in [0.2, 0.25) is 0 Å². The molecule has 0 saturated heterocycles. The van der Waals surface area contributed by atoms with Gasteiger partial charge in [0.25, 0.3) is 0 Å². The molecule has 1 atom stereocenters. The smallest absolute Gasteiger partial charge is 0.312 e. The van der Waals surface area contributed by atoms with Gasteiger partial charge in [0.15, 0.2) is 0 Å². The molecule has 1 heterocycles. The van der Waals surface area contributed by atoms with Gasteiger partial charge in [-0.2, -0.15) is 4.79 Å². The third kappa shape index (κ3) is 1.52. The van der Waals surface area contributed by atoms with E-state index in [1.807, 2.05) is 0 Å². The van der Waals surface area contributed by atoms with Crippen LogP contribution in [0.3, 0.4) is 0 Å². The number of rotatable bonds is 1. The van der Waals surface area contributed by atoms with Crippen molar-refractivity contribution in [2.24, 2.45) is 0 Å². The molecule has 94 valence electrons. The first kappa shape index (κ1) is 11.5. The molecule has 0 amide bonds. The molecule has 0 radical (unpaired) electrons. The molecule has 1 aliphatic carbocycles. The van der Waals surface area contributed by atoms with Crippen molar-refractivity contribution in [3.8, 4) is 0 Å². The summed E-state index contributed by atoms with van der Waals surface area (Å²) in [5.74, 6) is -1.73. The van der Waals surface area contributed by atoms with Crippen molar-refractivity contribution in [2.45, 2.75) is 25.2 Å². The third-order valence-electron chi connectivity index (χ3n) is 3.56. The summed E-state index contributed by atoms with van der Waals surface area (Å²) in [4.78, 5) is 11.7. The molecule has 1 aromatic carbocycles. The summed E-state index contributed by atoms with van der Waals surface area (Å²) >= 11 is 5.92. The lowest BCUT2D eigenvalue weighted by Crippen LogP contribution is -2.19. The van der Waals surface area contributed by atoms with Gasteiger partial charge in [-0.15, -0.1) is 0 Å². The van der Waals surface area contributed by atoms with Crippen LogP contribution in [0, 0.1) is 0 Å². The van der Waals surface area contributed by atoms with E-state index < -0.39 is 11.9 Å². The highest BCUT2D eigenvalue weighted by atomic mass is 35.5. The van der Waals surface area contributed by atoms with E-state index >= 15 is 0 Å². The minimum atomic E-state index is -0.969. The molecule has 2 aromatic rings. The third-order valence-corrected chi connectivity index (χ3v) is 3.80. The van der Waals surface area contributed by atoms with E-state index in [1.165, 1.54) is 0 Å². The van der Waals surface area contributed by atoms with Gasteiger partial charge < -0.3 is 5.11 Å². The van der Waals surface area contributed by atoms with E-state index in [9.17, 15) is 14.4 Å². The normalized spacial score (nSPS) is 18.9. The summed E-state index contributed by atoms with van der Waals surface area (Å²) in [6, 6.07) is 4.91. The molecule has 0 fully saturated rings. The van der Waals surface area contributed by atoms with Crippen molar-refractivity contribution >= 4 is 28.5 Å². The van der Waals surface area contributed by atoms with Crippen LogP contribution in [0.1, 0.15) is 30.0 Å². The fraction of sp³-hybridized carbons (Fsp3) is 0.308. The molecule has 0 bridgehead atoms. The molecule has 0 aliphatic heterocycles. The van der Waals surface area contributed by atoms with Crippen LogP contribution in [-0.2, 0) is 11.2 Å². The molecule has 1 aliphatic rings. The van der Waals surface area contributed by atoms with Crippen molar-refractivity contribution in [3.63, 3.8) is 0 Å². The Balaban J connectivity index is 2.34. The molecule has 3 rings (SSSR count). The lowest BCUT2D eigenvalue weighted by Gasteiger charge is -2.19. The first-order valence-electron chi connectivity index (χ1n) is 5.81. The maximum Gasteiger partial charge on any atom is 0.312 e. The number of benzene rings is 1. The quantitative estimate of drug-likeness (QED) is 0.859. The van der Waals surface area contributed by atoms with Gasteiger partial charge in [-0.25, -0.2) is 0 Å². The van der Waals surface area contributed by atoms with E-state index in [2.05, 4.69) is 0 Å². The monoisotopic (exact) mass is 267 g/mol. The lowest BCUT2D eigenvalue weighted by atomic mass is 9.87. The number of aryl methyl sites for hydroxylation is 1. The predicted octanol–water partition coefficient (Wildman–Crippen LogP) is 3.53. The van der Waals surface area contributed by atoms with Crippen molar-refractivity contribution < 1.29 is 14.4 Å². The number of carboxylic acid groups (broad SMARTS) is 1. The fourth-order valence-electron chi connectivity index (χ4n) is 2.78. The minimum Gasteiger partial charge on any atom is -0.481 e. The molecular weight excluding hydrogens is 257 g/mol. The summed E-state index contributed by atoms with van der Waals surface area (Å²) in [5, 5.41) is 10.4. The standard InChI is InChI=1S/C13H11ClFNO2/c14-7-4-5-11-10(6-7)8-2-1-3-9(13(17)18)12(8)16(11)15/h4-6,9H,1-3H2,(H,17,18). The van der Waals surface area contributed by atoms with E-state index in [-0.39, 0.29) is 5.69 Å². The molecule has 0 saturated carbocycles. The Morgan fingerprint density at radius 1 is 1.50 bits per heavy atom. The first-order chi connectivity index (χ1) is 8.59. The fourth-order valence-corrected chi connectivity index (χ4v) is 2.95. The number of fused-ring (bicyclic) bond motifs is 3. The molecule has 1 N–H and O–H groups in total. The molecular formula is C13H11ClFNO2. The summed E-state index contributed by atoms with van der Waals surface area (Å²) in [5.41, 5.74) is 1.47. The number of nitrogens with zero attached hydrogens (tertiary/aromatic N) is 1. The van der Waals surface area contributed by atoms with Gasteiger partial charge in [-0.3, -0.25) is 4.79 Å². The topological polar surface area (TPSA) is 42.2 Å². The van der Waals surface area contributed by atoms with Crippen LogP contribution in [0.15, 0.2) is 18.2 Å². The highest BCUT2D eigenvalue weighted by Crippen LogP contribution is 2.39. The number of carbonyl (C=O) groups is 1. The van der Waals surface area contributed by atoms with Crippen LogP contribution in [-0.4, -0.2) is 15.9 Å². The molecule has 3 nitrogen and oxygen atoms in total.